The van der Waals surface area contributed by atoms with Crippen LogP contribution in [0.15, 0.2) is 101 Å². The average Bonchev–Trinajstić information content (AvgIpc) is 3.44. The zero-order valence-corrected chi connectivity index (χ0v) is 25.3. The van der Waals surface area contributed by atoms with Crippen molar-refractivity contribution in [2.75, 3.05) is 5.75 Å². The van der Waals surface area contributed by atoms with Crippen LogP contribution in [0.5, 0.6) is 0 Å². The largest absolute Gasteiger partial charge is 1.00 e. The molecule has 0 aliphatic rings. The number of benzene rings is 3. The van der Waals surface area contributed by atoms with Gasteiger partial charge in [0, 0.05) is 5.75 Å². The van der Waals surface area contributed by atoms with Gasteiger partial charge in [0.15, 0.2) is 0 Å². The molecule has 0 fully saturated rings. The van der Waals surface area contributed by atoms with Gasteiger partial charge in [-0.2, -0.15) is 11.8 Å². The van der Waals surface area contributed by atoms with E-state index in [1.54, 1.807) is 11.4 Å². The van der Waals surface area contributed by atoms with Crippen molar-refractivity contribution in [1.29, 1.82) is 0 Å². The molecule has 0 spiro atoms. The Bertz CT molecular complexity index is 1360. The van der Waals surface area contributed by atoms with Gasteiger partial charge in [0.05, 0.1) is 5.91 Å². The number of nitrogens with zero attached hydrogens (tertiary/aromatic N) is 1. The number of sulfonamides is 1. The quantitative estimate of drug-likeness (QED) is 0.190. The van der Waals surface area contributed by atoms with Crippen molar-refractivity contribution in [1.82, 2.24) is 0 Å². The molecule has 0 bridgehead atoms. The van der Waals surface area contributed by atoms with E-state index in [4.69, 9.17) is 0 Å². The molecule has 0 aliphatic carbocycles. The van der Waals surface area contributed by atoms with Crippen molar-refractivity contribution in [3.8, 4) is 11.1 Å². The maximum absolute atomic E-state index is 12.2. The molecule has 186 valence electrons. The maximum Gasteiger partial charge on any atom is 1.00 e. The number of rotatable bonds is 12. The summed E-state index contributed by atoms with van der Waals surface area (Å²) in [4.78, 5) is 12.2. The second-order valence-electron chi connectivity index (χ2n) is 8.39. The third-order valence-electron chi connectivity index (χ3n) is 5.74. The van der Waals surface area contributed by atoms with Crippen LogP contribution in [0.2, 0.25) is 0 Å². The first kappa shape index (κ1) is 29.7. The standard InChI is InChI=1S/C29H29NO3S3.Na/c31-28(30-36(32,33)29-14-7-20-35-29)13-6-11-25-10-4-5-12-27(25)26-17-15-24(16-18-26)22-34-21-19-23-8-2-1-3-9-23;/h1-5,7-10,12,14-18,20H,6,11,13,19,21-22H2,(H,30,31);/q;+1/p-1. The third kappa shape index (κ3) is 9.13. The fraction of sp³-hybridized carbons (Fsp3) is 0.207. The normalized spacial score (nSPS) is 11.0. The first-order chi connectivity index (χ1) is 17.5. The van der Waals surface area contributed by atoms with Gasteiger partial charge < -0.3 is 9.52 Å². The SMILES string of the molecule is O=C(CCCc1ccccc1-c1ccc(CSCCc2ccccc2)cc1)[N-]S(=O)(=O)c1cccs1.[Na+]. The van der Waals surface area contributed by atoms with E-state index >= 15 is 0 Å². The van der Waals surface area contributed by atoms with Gasteiger partial charge in [0.2, 0.25) is 0 Å². The van der Waals surface area contributed by atoms with Crippen LogP contribution in [0.4, 0.5) is 0 Å². The Morgan fingerprint density at radius 2 is 1.54 bits per heavy atom. The predicted octanol–water partition coefficient (Wildman–Crippen LogP) is 4.51. The molecular formula is C29H28NNaO3S3. The number of thiophene rings is 1. The van der Waals surface area contributed by atoms with Crippen LogP contribution < -0.4 is 29.6 Å². The molecule has 0 atom stereocenters. The Morgan fingerprint density at radius 3 is 2.27 bits per heavy atom. The fourth-order valence-corrected chi connectivity index (χ4v) is 6.76. The summed E-state index contributed by atoms with van der Waals surface area (Å²) in [6, 6.07) is 30.5. The smallest absolute Gasteiger partial charge is 0.541 e. The molecule has 37 heavy (non-hydrogen) atoms. The minimum Gasteiger partial charge on any atom is -0.541 e. The van der Waals surface area contributed by atoms with Crippen LogP contribution in [0.3, 0.4) is 0 Å². The van der Waals surface area contributed by atoms with Crippen molar-refractivity contribution in [2.45, 2.75) is 35.6 Å². The molecule has 0 saturated carbocycles. The first-order valence-corrected chi connectivity index (χ1v) is 15.3. The number of carbonyl (C=O) groups excluding carboxylic acids is 1. The summed E-state index contributed by atoms with van der Waals surface area (Å²) in [5, 5.41) is 1.65. The average molecular weight is 558 g/mol. The summed E-state index contributed by atoms with van der Waals surface area (Å²) in [6.45, 7) is 0. The summed E-state index contributed by atoms with van der Waals surface area (Å²) >= 11 is 3.00. The minimum absolute atomic E-state index is 0. The molecule has 4 nitrogen and oxygen atoms in total. The van der Waals surface area contributed by atoms with Gasteiger partial charge >= 0.3 is 29.6 Å². The third-order valence-corrected chi connectivity index (χ3v) is 9.44. The molecule has 1 aromatic heterocycles. The van der Waals surface area contributed by atoms with Gasteiger partial charge in [0.25, 0.3) is 0 Å². The Hall–Kier alpha value is -1.87. The Kier molecular flexibility index (Phi) is 12.0. The maximum atomic E-state index is 12.2. The van der Waals surface area contributed by atoms with Crippen LogP contribution in [0.25, 0.3) is 15.8 Å². The molecule has 1 amide bonds. The summed E-state index contributed by atoms with van der Waals surface area (Å²) in [5.41, 5.74) is 6.08. The number of carbonyl (C=O) groups is 1. The molecule has 0 radical (unpaired) electrons. The summed E-state index contributed by atoms with van der Waals surface area (Å²) in [6.07, 6.45) is 2.38. The van der Waals surface area contributed by atoms with Crippen molar-refractivity contribution in [3.05, 3.63) is 118 Å². The minimum atomic E-state index is -3.90. The van der Waals surface area contributed by atoms with E-state index in [1.165, 1.54) is 17.2 Å². The monoisotopic (exact) mass is 557 g/mol. The van der Waals surface area contributed by atoms with E-state index in [2.05, 4.69) is 65.4 Å². The second kappa shape index (κ2) is 14.9. The van der Waals surface area contributed by atoms with Crippen LogP contribution >= 0.6 is 23.1 Å². The van der Waals surface area contributed by atoms with E-state index in [-0.39, 0.29) is 40.2 Å². The van der Waals surface area contributed by atoms with Gasteiger partial charge in [0.1, 0.15) is 14.2 Å². The number of hydrogen-bond donors (Lipinski definition) is 0. The molecule has 4 aromatic rings. The zero-order valence-electron chi connectivity index (χ0n) is 20.9. The summed E-state index contributed by atoms with van der Waals surface area (Å²) in [5.74, 6) is 1.47. The summed E-state index contributed by atoms with van der Waals surface area (Å²) < 4.78 is 27.9. The van der Waals surface area contributed by atoms with Crippen molar-refractivity contribution in [3.63, 3.8) is 0 Å². The molecule has 4 rings (SSSR count). The number of aryl methyl sites for hydroxylation is 2. The van der Waals surface area contributed by atoms with Crippen LogP contribution in [0.1, 0.15) is 29.5 Å². The van der Waals surface area contributed by atoms with Gasteiger partial charge in [-0.1, -0.05) is 84.9 Å². The van der Waals surface area contributed by atoms with E-state index < -0.39 is 15.9 Å². The molecule has 8 heteroatoms. The molecule has 1 heterocycles. The number of amides is 1. The topological polar surface area (TPSA) is 65.3 Å². The number of thioether (sulfide) groups is 1. The first-order valence-electron chi connectivity index (χ1n) is 11.8. The molecule has 0 N–H and O–H groups in total. The zero-order chi connectivity index (χ0) is 25.2. The van der Waals surface area contributed by atoms with Gasteiger partial charge in [-0.15, -0.1) is 11.3 Å². The van der Waals surface area contributed by atoms with Crippen molar-refractivity contribution >= 4 is 39.0 Å². The van der Waals surface area contributed by atoms with Gasteiger partial charge in [-0.25, -0.2) is 8.42 Å². The molecule has 0 saturated heterocycles. The number of hydrogen-bond acceptors (Lipinski definition) is 5. The van der Waals surface area contributed by atoms with E-state index in [1.807, 2.05) is 30.0 Å². The molecule has 3 aromatic carbocycles. The second-order valence-corrected chi connectivity index (χ2v) is 12.3. The van der Waals surface area contributed by atoms with Gasteiger partial charge in [-0.05, 0) is 70.7 Å². The van der Waals surface area contributed by atoms with Crippen LogP contribution in [-0.2, 0) is 33.4 Å². The van der Waals surface area contributed by atoms with E-state index in [0.29, 0.717) is 12.8 Å². The predicted molar refractivity (Wildman–Crippen MR) is 151 cm³/mol. The Morgan fingerprint density at radius 1 is 0.811 bits per heavy atom. The van der Waals surface area contributed by atoms with Crippen LogP contribution in [0, 0.1) is 0 Å². The van der Waals surface area contributed by atoms with Crippen LogP contribution in [-0.4, -0.2) is 20.1 Å². The Labute approximate surface area is 250 Å². The summed E-state index contributed by atoms with van der Waals surface area (Å²) in [7, 11) is -3.90. The van der Waals surface area contributed by atoms with Crippen molar-refractivity contribution in [2.24, 2.45) is 0 Å². The van der Waals surface area contributed by atoms with Crippen molar-refractivity contribution < 1.29 is 42.8 Å². The van der Waals surface area contributed by atoms with E-state index in [9.17, 15) is 13.2 Å². The fourth-order valence-electron chi connectivity index (χ4n) is 3.89. The molecular weight excluding hydrogens is 530 g/mol. The molecule has 0 unspecified atom stereocenters. The molecule has 0 aliphatic heterocycles. The van der Waals surface area contributed by atoms with E-state index in [0.717, 1.165) is 46.0 Å². The Balaban J connectivity index is 0.00000380. The van der Waals surface area contributed by atoms with Gasteiger partial charge in [-0.3, -0.25) is 0 Å².